The molecule has 0 radical (unpaired) electrons. The molecule has 0 aliphatic heterocycles. The van der Waals surface area contributed by atoms with Crippen LogP contribution in [0.25, 0.3) is 11.2 Å². The van der Waals surface area contributed by atoms with Gasteiger partial charge in [0.15, 0.2) is 11.5 Å². The van der Waals surface area contributed by atoms with Crippen LogP contribution >= 0.6 is 7.80 Å². The van der Waals surface area contributed by atoms with Gasteiger partial charge in [-0.25, -0.2) is 15.0 Å². The zero-order valence-corrected chi connectivity index (χ0v) is 10.3. The number of anilines is 1. The first-order valence-electron chi connectivity index (χ1n) is 5.06. The van der Waals surface area contributed by atoms with E-state index in [4.69, 9.17) is 10.5 Å². The highest BCUT2D eigenvalue weighted by Crippen LogP contribution is 2.15. The van der Waals surface area contributed by atoms with Crippen LogP contribution in [-0.4, -0.2) is 39.1 Å². The predicted molar refractivity (Wildman–Crippen MR) is 64.1 cm³/mol. The van der Waals surface area contributed by atoms with Gasteiger partial charge in [-0.3, -0.25) is 0 Å². The number of nitrogens with two attached hydrogens (primary N) is 1. The largest absolute Gasteiger partial charge is 0.382 e. The van der Waals surface area contributed by atoms with E-state index in [2.05, 4.69) is 15.0 Å². The molecular formula is C9H13N5O2P+. The molecule has 2 rings (SSSR count). The maximum Gasteiger partial charge on any atom is 0.363 e. The van der Waals surface area contributed by atoms with Gasteiger partial charge in [-0.2, -0.15) is 0 Å². The van der Waals surface area contributed by atoms with E-state index in [9.17, 15) is 4.57 Å². The minimum Gasteiger partial charge on any atom is -0.382 e. The maximum atomic E-state index is 10.8. The zero-order chi connectivity index (χ0) is 12.3. The number of rotatable bonds is 5. The van der Waals surface area contributed by atoms with Crippen LogP contribution < -0.4 is 5.73 Å². The average Bonchev–Trinajstić information content (AvgIpc) is 2.69. The topological polar surface area (TPSA) is 95.9 Å². The number of nitrogen functional groups attached to an aromatic ring is 1. The molecule has 0 saturated carbocycles. The summed E-state index contributed by atoms with van der Waals surface area (Å²) in [6, 6.07) is 0. The van der Waals surface area contributed by atoms with Crippen molar-refractivity contribution in [1.29, 1.82) is 0 Å². The number of hydrogen-bond acceptors (Lipinski definition) is 6. The summed E-state index contributed by atoms with van der Waals surface area (Å²) < 4.78 is 17.9. The minimum atomic E-state index is -1.25. The monoisotopic (exact) mass is 254 g/mol. The zero-order valence-electron chi connectivity index (χ0n) is 9.41. The van der Waals surface area contributed by atoms with Gasteiger partial charge in [0.05, 0.1) is 12.9 Å². The third kappa shape index (κ3) is 2.75. The third-order valence-corrected chi connectivity index (χ3v) is 2.73. The van der Waals surface area contributed by atoms with Crippen LogP contribution in [0.15, 0.2) is 12.7 Å². The van der Waals surface area contributed by atoms with E-state index >= 15 is 0 Å². The van der Waals surface area contributed by atoms with Crippen LogP contribution in [-0.2, 0) is 15.8 Å². The Morgan fingerprint density at radius 3 is 3.06 bits per heavy atom. The van der Waals surface area contributed by atoms with Gasteiger partial charge >= 0.3 is 7.80 Å². The van der Waals surface area contributed by atoms with Crippen molar-refractivity contribution in [2.75, 3.05) is 25.4 Å². The SMILES string of the molecule is C[P+](=O)COCCn1cnc2c(N)ncnc21. The molecule has 2 N–H and O–H groups in total. The first kappa shape index (κ1) is 11.9. The Bertz CT molecular complexity index is 541. The van der Waals surface area contributed by atoms with Crippen LogP contribution in [0, 0.1) is 0 Å². The Hall–Kier alpha value is -1.59. The van der Waals surface area contributed by atoms with Crippen molar-refractivity contribution in [1.82, 2.24) is 19.5 Å². The molecule has 2 aromatic rings. The highest BCUT2D eigenvalue weighted by Gasteiger charge is 2.08. The normalized spacial score (nSPS) is 11.9. The van der Waals surface area contributed by atoms with Crippen molar-refractivity contribution in [3.05, 3.63) is 12.7 Å². The molecule has 0 aliphatic carbocycles. The van der Waals surface area contributed by atoms with E-state index in [-0.39, 0.29) is 6.35 Å². The van der Waals surface area contributed by atoms with Gasteiger partial charge < -0.3 is 15.0 Å². The summed E-state index contributed by atoms with van der Waals surface area (Å²) >= 11 is 0. The van der Waals surface area contributed by atoms with Gasteiger partial charge in [0.1, 0.15) is 18.5 Å². The highest BCUT2D eigenvalue weighted by molar-refractivity contribution is 7.43. The van der Waals surface area contributed by atoms with Gasteiger partial charge in [-0.15, -0.1) is 0 Å². The second-order valence-corrected chi connectivity index (χ2v) is 5.05. The number of ether oxygens (including phenoxy) is 1. The number of nitrogens with zero attached hydrogens (tertiary/aromatic N) is 4. The summed E-state index contributed by atoms with van der Waals surface area (Å²) in [5.74, 6) is 0.367. The Kier molecular flexibility index (Phi) is 3.61. The van der Waals surface area contributed by atoms with Crippen molar-refractivity contribution >= 4 is 24.8 Å². The molecule has 0 fully saturated rings. The molecule has 0 aromatic carbocycles. The third-order valence-electron chi connectivity index (χ3n) is 2.18. The second kappa shape index (κ2) is 5.16. The number of imidazole rings is 1. The van der Waals surface area contributed by atoms with E-state index < -0.39 is 7.80 Å². The van der Waals surface area contributed by atoms with E-state index in [1.54, 1.807) is 13.0 Å². The number of aromatic nitrogens is 4. The predicted octanol–water partition coefficient (Wildman–Crippen LogP) is 0.840. The van der Waals surface area contributed by atoms with Crippen LogP contribution in [0.1, 0.15) is 0 Å². The summed E-state index contributed by atoms with van der Waals surface area (Å²) in [6.07, 6.45) is 3.32. The molecule has 1 atom stereocenters. The Labute approximate surface area is 98.8 Å². The molecule has 2 heterocycles. The maximum absolute atomic E-state index is 10.8. The molecule has 90 valence electrons. The fourth-order valence-corrected chi connectivity index (χ4v) is 1.80. The summed E-state index contributed by atoms with van der Waals surface area (Å²) in [7, 11) is -1.25. The Balaban J connectivity index is 2.04. The lowest BCUT2D eigenvalue weighted by Crippen LogP contribution is -2.05. The summed E-state index contributed by atoms with van der Waals surface area (Å²) in [5.41, 5.74) is 6.94. The summed E-state index contributed by atoms with van der Waals surface area (Å²) in [6.45, 7) is 2.69. The Morgan fingerprint density at radius 2 is 2.29 bits per heavy atom. The fourth-order valence-electron chi connectivity index (χ4n) is 1.42. The van der Waals surface area contributed by atoms with Gasteiger partial charge in [0.2, 0.25) is 6.35 Å². The number of fused-ring (bicyclic) bond motifs is 1. The van der Waals surface area contributed by atoms with E-state index in [0.717, 1.165) is 0 Å². The standard InChI is InChI=1S/C9H13N5O2P/c1-17(15)6-16-3-2-14-5-13-7-8(10)11-4-12-9(7)14/h4-5H,2-3,6H2,1H3,(H2,10,11,12)/q+1. The lowest BCUT2D eigenvalue weighted by Gasteiger charge is -2.02. The Morgan fingerprint density at radius 1 is 1.47 bits per heavy atom. The molecule has 0 amide bonds. The van der Waals surface area contributed by atoms with Crippen molar-refractivity contribution in [3.63, 3.8) is 0 Å². The summed E-state index contributed by atoms with van der Waals surface area (Å²) in [5, 5.41) is 0. The summed E-state index contributed by atoms with van der Waals surface area (Å²) in [4.78, 5) is 12.1. The van der Waals surface area contributed by atoms with E-state index in [1.807, 2.05) is 4.57 Å². The minimum absolute atomic E-state index is 0.277. The molecule has 8 heteroatoms. The van der Waals surface area contributed by atoms with Gasteiger partial charge in [-0.05, 0) is 0 Å². The first-order chi connectivity index (χ1) is 8.18. The van der Waals surface area contributed by atoms with E-state index in [0.29, 0.717) is 30.1 Å². The lowest BCUT2D eigenvalue weighted by molar-refractivity contribution is 0.168. The van der Waals surface area contributed by atoms with Crippen molar-refractivity contribution in [2.24, 2.45) is 0 Å². The fraction of sp³-hybridized carbons (Fsp3) is 0.444. The van der Waals surface area contributed by atoms with Gasteiger partial charge in [-0.1, -0.05) is 4.57 Å². The molecule has 0 saturated heterocycles. The quantitative estimate of drug-likeness (QED) is 0.627. The van der Waals surface area contributed by atoms with Crippen LogP contribution in [0.5, 0.6) is 0 Å². The van der Waals surface area contributed by atoms with Crippen molar-refractivity contribution in [2.45, 2.75) is 6.54 Å². The number of hydrogen-bond donors (Lipinski definition) is 1. The van der Waals surface area contributed by atoms with Crippen LogP contribution in [0.4, 0.5) is 5.82 Å². The average molecular weight is 254 g/mol. The first-order valence-corrected chi connectivity index (χ1v) is 6.95. The molecule has 0 spiro atoms. The van der Waals surface area contributed by atoms with Crippen molar-refractivity contribution in [3.8, 4) is 0 Å². The molecule has 0 bridgehead atoms. The molecule has 1 unspecified atom stereocenters. The molecule has 17 heavy (non-hydrogen) atoms. The lowest BCUT2D eigenvalue weighted by atomic mass is 10.5. The van der Waals surface area contributed by atoms with Crippen LogP contribution in [0.2, 0.25) is 0 Å². The van der Waals surface area contributed by atoms with Crippen LogP contribution in [0.3, 0.4) is 0 Å². The molecule has 0 aliphatic rings. The second-order valence-electron chi connectivity index (χ2n) is 3.53. The van der Waals surface area contributed by atoms with Gasteiger partial charge in [0, 0.05) is 6.54 Å². The van der Waals surface area contributed by atoms with Crippen molar-refractivity contribution < 1.29 is 9.30 Å². The highest BCUT2D eigenvalue weighted by atomic mass is 31.1. The molecular weight excluding hydrogens is 241 g/mol. The van der Waals surface area contributed by atoms with Gasteiger partial charge in [0.25, 0.3) is 0 Å². The smallest absolute Gasteiger partial charge is 0.363 e. The molecule has 2 aromatic heterocycles. The molecule has 7 nitrogen and oxygen atoms in total. The van der Waals surface area contributed by atoms with E-state index in [1.165, 1.54) is 6.33 Å².